The molecule has 2 aliphatic heterocycles. The Morgan fingerprint density at radius 1 is 0.886 bits per heavy atom. The van der Waals surface area contributed by atoms with E-state index in [2.05, 4.69) is 34.5 Å². The lowest BCUT2D eigenvalue weighted by Crippen LogP contribution is -2.18. The molecule has 8 nitrogen and oxygen atoms in total. The van der Waals surface area contributed by atoms with E-state index >= 15 is 0 Å². The van der Waals surface area contributed by atoms with Gasteiger partial charge in [0.15, 0.2) is 12.5 Å². The summed E-state index contributed by atoms with van der Waals surface area (Å²) in [6.45, 7) is 3.64. The van der Waals surface area contributed by atoms with Gasteiger partial charge in [-0.1, -0.05) is 6.07 Å². The number of rotatable bonds is 3. The topological polar surface area (TPSA) is 104 Å². The van der Waals surface area contributed by atoms with Crippen LogP contribution >= 0.6 is 0 Å². The van der Waals surface area contributed by atoms with Crippen LogP contribution in [0.1, 0.15) is 75.1 Å². The van der Waals surface area contributed by atoms with Gasteiger partial charge in [0.1, 0.15) is 0 Å². The number of nitriles is 1. The third-order valence-corrected chi connectivity index (χ3v) is 6.73. The van der Waals surface area contributed by atoms with E-state index in [0.29, 0.717) is 5.56 Å². The number of nitrogens with two attached hydrogens (primary N) is 1. The molecule has 35 heavy (non-hydrogen) atoms. The van der Waals surface area contributed by atoms with E-state index in [4.69, 9.17) is 20.5 Å². The monoisotopic (exact) mass is 472 g/mol. The Bertz CT molecular complexity index is 1320. The Labute approximate surface area is 205 Å². The molecule has 0 radical (unpaired) electrons. The standard InChI is InChI=1S/C14H19N3O.C13H13N3O/c1-10(15)11-5-6-13-12(8-11)9-16-17(13)14-4-2-3-7-18-14;14-8-10-4-5-12-11(7-10)9-15-16(12)13-3-1-2-6-17-13/h5-6,8-10,14H,2-4,7,15H2,1H3;4-5,7,9,13H,1-3,6H2. The van der Waals surface area contributed by atoms with Gasteiger partial charge in [0, 0.05) is 30.0 Å². The van der Waals surface area contributed by atoms with Crippen LogP contribution in [0.15, 0.2) is 48.8 Å². The molecular weight excluding hydrogens is 440 g/mol. The molecule has 0 amide bonds. The van der Waals surface area contributed by atoms with Crippen molar-refractivity contribution >= 4 is 21.8 Å². The van der Waals surface area contributed by atoms with Crippen molar-refractivity contribution in [2.45, 2.75) is 63.9 Å². The number of nitrogens with zero attached hydrogens (tertiary/aromatic N) is 5. The first-order valence-electron chi connectivity index (χ1n) is 12.5. The van der Waals surface area contributed by atoms with Gasteiger partial charge in [-0.25, -0.2) is 9.36 Å². The fourth-order valence-electron chi connectivity index (χ4n) is 4.77. The molecule has 0 saturated carbocycles. The SMILES string of the molecule is CC(N)c1ccc2c(cnn2C2CCCCO2)c1.N#Cc1ccc2c(cnn2C2CCCCO2)c1. The molecule has 0 bridgehead atoms. The minimum Gasteiger partial charge on any atom is -0.356 e. The number of benzene rings is 2. The van der Waals surface area contributed by atoms with Crippen LogP contribution in [0.2, 0.25) is 0 Å². The first-order valence-corrected chi connectivity index (χ1v) is 12.5. The number of aromatic nitrogens is 4. The van der Waals surface area contributed by atoms with Crippen molar-refractivity contribution in [3.8, 4) is 6.07 Å². The summed E-state index contributed by atoms with van der Waals surface area (Å²) in [5.41, 5.74) is 9.88. The molecule has 8 heteroatoms. The van der Waals surface area contributed by atoms with Crippen LogP contribution < -0.4 is 5.73 Å². The normalized spacial score (nSPS) is 21.3. The third-order valence-electron chi connectivity index (χ3n) is 6.73. The fourth-order valence-corrected chi connectivity index (χ4v) is 4.77. The summed E-state index contributed by atoms with van der Waals surface area (Å²) in [4.78, 5) is 0. The molecule has 2 aliphatic rings. The molecule has 2 aromatic heterocycles. The molecule has 4 aromatic rings. The fraction of sp³-hybridized carbons (Fsp3) is 0.444. The van der Waals surface area contributed by atoms with E-state index in [9.17, 15) is 0 Å². The second-order valence-corrected chi connectivity index (χ2v) is 9.31. The van der Waals surface area contributed by atoms with Crippen molar-refractivity contribution < 1.29 is 9.47 Å². The molecule has 3 unspecified atom stereocenters. The van der Waals surface area contributed by atoms with Crippen molar-refractivity contribution in [3.63, 3.8) is 0 Å². The first-order chi connectivity index (χ1) is 17.1. The van der Waals surface area contributed by atoms with Crippen molar-refractivity contribution in [2.75, 3.05) is 13.2 Å². The van der Waals surface area contributed by atoms with Crippen molar-refractivity contribution in [1.82, 2.24) is 19.6 Å². The average Bonchev–Trinajstić information content (AvgIpc) is 3.53. The minimum atomic E-state index is 0.0502. The highest BCUT2D eigenvalue weighted by Crippen LogP contribution is 2.28. The van der Waals surface area contributed by atoms with Gasteiger partial charge in [-0.2, -0.15) is 15.5 Å². The van der Waals surface area contributed by atoms with Crippen molar-refractivity contribution in [3.05, 3.63) is 59.9 Å². The predicted molar refractivity (Wildman–Crippen MR) is 134 cm³/mol. The van der Waals surface area contributed by atoms with Crippen molar-refractivity contribution in [2.24, 2.45) is 5.73 Å². The van der Waals surface area contributed by atoms with E-state index in [1.165, 1.54) is 12.8 Å². The lowest BCUT2D eigenvalue weighted by Gasteiger charge is -2.23. The van der Waals surface area contributed by atoms with E-state index in [-0.39, 0.29) is 18.5 Å². The van der Waals surface area contributed by atoms with Gasteiger partial charge in [-0.05, 0) is 81.3 Å². The summed E-state index contributed by atoms with van der Waals surface area (Å²) in [6, 6.07) is 14.1. The second-order valence-electron chi connectivity index (χ2n) is 9.31. The quantitative estimate of drug-likeness (QED) is 0.430. The molecule has 2 saturated heterocycles. The number of fused-ring (bicyclic) bond motifs is 2. The van der Waals surface area contributed by atoms with Gasteiger partial charge in [0.2, 0.25) is 0 Å². The number of hydrogen-bond donors (Lipinski definition) is 1. The molecule has 2 N–H and O–H groups in total. The highest BCUT2D eigenvalue weighted by Gasteiger charge is 2.19. The second kappa shape index (κ2) is 10.6. The van der Waals surface area contributed by atoms with Gasteiger partial charge >= 0.3 is 0 Å². The summed E-state index contributed by atoms with van der Waals surface area (Å²) < 4.78 is 15.4. The van der Waals surface area contributed by atoms with Crippen LogP contribution in [0.3, 0.4) is 0 Å². The lowest BCUT2D eigenvalue weighted by atomic mass is 10.1. The summed E-state index contributed by atoms with van der Waals surface area (Å²) in [6.07, 6.45) is 10.6. The third kappa shape index (κ3) is 5.08. The zero-order chi connectivity index (χ0) is 24.2. The Kier molecular flexibility index (Phi) is 7.09. The zero-order valence-corrected chi connectivity index (χ0v) is 20.1. The summed E-state index contributed by atoms with van der Waals surface area (Å²) in [5, 5.41) is 19.8. The van der Waals surface area contributed by atoms with E-state index in [1.54, 1.807) is 6.20 Å². The van der Waals surface area contributed by atoms with Crippen molar-refractivity contribution in [1.29, 1.82) is 5.26 Å². The Hall–Kier alpha value is -3.25. The van der Waals surface area contributed by atoms with Crippen LogP contribution in [0.5, 0.6) is 0 Å². The van der Waals surface area contributed by atoms with Gasteiger partial charge in [-0.3, -0.25) is 0 Å². The smallest absolute Gasteiger partial charge is 0.150 e. The zero-order valence-electron chi connectivity index (χ0n) is 20.1. The van der Waals surface area contributed by atoms with Gasteiger partial charge in [-0.15, -0.1) is 0 Å². The Morgan fingerprint density at radius 3 is 1.97 bits per heavy atom. The van der Waals surface area contributed by atoms with Crippen LogP contribution in [0.25, 0.3) is 21.8 Å². The largest absolute Gasteiger partial charge is 0.356 e. The summed E-state index contributed by atoms with van der Waals surface area (Å²) in [5.74, 6) is 0. The maximum absolute atomic E-state index is 8.85. The number of hydrogen-bond acceptors (Lipinski definition) is 6. The molecule has 6 rings (SSSR count). The first kappa shape index (κ1) is 23.5. The van der Waals surface area contributed by atoms with Gasteiger partial charge < -0.3 is 15.2 Å². The minimum absolute atomic E-state index is 0.0502. The molecular formula is C27H32N6O2. The molecule has 0 spiro atoms. The lowest BCUT2D eigenvalue weighted by molar-refractivity contribution is -0.0367. The number of ether oxygens (including phenoxy) is 2. The Morgan fingerprint density at radius 2 is 1.46 bits per heavy atom. The summed E-state index contributed by atoms with van der Waals surface area (Å²) in [7, 11) is 0. The van der Waals surface area contributed by atoms with Crippen LogP contribution in [-0.4, -0.2) is 32.8 Å². The molecule has 3 atom stereocenters. The van der Waals surface area contributed by atoms with Crippen LogP contribution in [-0.2, 0) is 9.47 Å². The predicted octanol–water partition coefficient (Wildman–Crippen LogP) is 5.36. The molecule has 2 aromatic carbocycles. The van der Waals surface area contributed by atoms with Crippen LogP contribution in [0, 0.1) is 11.3 Å². The Balaban J connectivity index is 0.000000145. The van der Waals surface area contributed by atoms with Crippen LogP contribution in [0.4, 0.5) is 0 Å². The molecule has 0 aliphatic carbocycles. The molecule has 4 heterocycles. The average molecular weight is 473 g/mol. The van der Waals surface area contributed by atoms with Gasteiger partial charge in [0.05, 0.1) is 35.1 Å². The molecule has 182 valence electrons. The summed E-state index contributed by atoms with van der Waals surface area (Å²) >= 11 is 0. The van der Waals surface area contributed by atoms with Gasteiger partial charge in [0.25, 0.3) is 0 Å². The van der Waals surface area contributed by atoms with E-state index in [0.717, 1.165) is 66.3 Å². The maximum atomic E-state index is 8.85. The highest BCUT2D eigenvalue weighted by molar-refractivity contribution is 5.80. The van der Waals surface area contributed by atoms with E-state index < -0.39 is 0 Å². The maximum Gasteiger partial charge on any atom is 0.150 e. The highest BCUT2D eigenvalue weighted by atomic mass is 16.5. The molecule has 2 fully saturated rings. The van der Waals surface area contributed by atoms with E-state index in [1.807, 2.05) is 40.7 Å².